The highest BCUT2D eigenvalue weighted by atomic mass is 19.1. The van der Waals surface area contributed by atoms with Gasteiger partial charge in [-0.05, 0) is 49.4 Å². The molecular weight excluding hydrogens is 313 g/mol. The van der Waals surface area contributed by atoms with Crippen molar-refractivity contribution in [3.05, 3.63) is 71.2 Å². The highest BCUT2D eigenvalue weighted by Crippen LogP contribution is 2.26. The highest BCUT2D eigenvalue weighted by molar-refractivity contribution is 5.89. The van der Waals surface area contributed by atoms with Crippen molar-refractivity contribution >= 4 is 5.97 Å². The lowest BCUT2D eigenvalue weighted by Crippen LogP contribution is -2.05. The summed E-state index contributed by atoms with van der Waals surface area (Å²) in [4.78, 5) is 12.0. The van der Waals surface area contributed by atoms with Gasteiger partial charge in [0.2, 0.25) is 0 Å². The van der Waals surface area contributed by atoms with E-state index in [4.69, 9.17) is 9.26 Å². The first-order chi connectivity index (χ1) is 11.5. The molecule has 1 aromatic heterocycles. The Bertz CT molecular complexity index is 871. The van der Waals surface area contributed by atoms with Crippen molar-refractivity contribution in [2.75, 3.05) is 0 Å². The molecule has 0 saturated heterocycles. The number of carbonyl (C=O) groups excluding carboxylic acids is 1. The number of carbonyl (C=O) groups is 1. The molecule has 0 spiro atoms. The van der Waals surface area contributed by atoms with E-state index in [1.165, 1.54) is 24.3 Å². The van der Waals surface area contributed by atoms with Gasteiger partial charge >= 0.3 is 5.97 Å². The zero-order chi connectivity index (χ0) is 17.1. The molecule has 1 heterocycles. The Labute approximate surface area is 137 Å². The van der Waals surface area contributed by atoms with E-state index < -0.39 is 5.97 Å². The number of aromatic hydroxyl groups is 1. The lowest BCUT2D eigenvalue weighted by Gasteiger charge is -2.04. The van der Waals surface area contributed by atoms with Crippen molar-refractivity contribution in [3.8, 4) is 17.1 Å². The fourth-order valence-electron chi connectivity index (χ4n) is 2.22. The third kappa shape index (κ3) is 3.27. The largest absolute Gasteiger partial charge is 0.508 e. The third-order valence-electron chi connectivity index (χ3n) is 3.55. The Hall–Kier alpha value is -3.15. The molecular formula is C18H14FNO4. The molecule has 1 N–H and O–H groups in total. The van der Waals surface area contributed by atoms with Gasteiger partial charge in [-0.25, -0.2) is 9.18 Å². The minimum absolute atomic E-state index is 0.0133. The molecule has 3 aromatic rings. The number of phenolic OH excluding ortho intramolecular Hbond substituents is 1. The van der Waals surface area contributed by atoms with Crippen molar-refractivity contribution in [1.82, 2.24) is 5.16 Å². The maximum absolute atomic E-state index is 13.0. The number of hydrogen-bond donors (Lipinski definition) is 1. The number of esters is 1. The number of nitrogens with zero attached hydrogens (tertiary/aromatic N) is 1. The fraction of sp³-hybridized carbons (Fsp3) is 0.111. The Balaban J connectivity index is 1.72. The first kappa shape index (κ1) is 15.7. The molecule has 0 amide bonds. The van der Waals surface area contributed by atoms with Crippen LogP contribution < -0.4 is 0 Å². The highest BCUT2D eigenvalue weighted by Gasteiger charge is 2.16. The van der Waals surface area contributed by atoms with Gasteiger partial charge in [0.15, 0.2) is 5.76 Å². The second kappa shape index (κ2) is 6.54. The van der Waals surface area contributed by atoms with Gasteiger partial charge in [-0.1, -0.05) is 11.2 Å². The van der Waals surface area contributed by atoms with E-state index in [1.54, 1.807) is 31.2 Å². The van der Waals surface area contributed by atoms with E-state index in [1.807, 2.05) is 0 Å². The summed E-state index contributed by atoms with van der Waals surface area (Å²) < 4.78 is 23.4. The summed E-state index contributed by atoms with van der Waals surface area (Å²) in [5.74, 6) is -0.424. The van der Waals surface area contributed by atoms with Crippen LogP contribution in [-0.2, 0) is 11.3 Å². The second-order valence-electron chi connectivity index (χ2n) is 5.22. The number of benzene rings is 2. The standard InChI is InChI=1S/C18H14FNO4/c1-11-16(10-23-18(22)13-3-2-4-15(21)9-13)20-24-17(11)12-5-7-14(19)8-6-12/h2-9,21H,10H2,1H3. The van der Waals surface area contributed by atoms with E-state index in [-0.39, 0.29) is 23.7 Å². The van der Waals surface area contributed by atoms with Gasteiger partial charge in [-0.15, -0.1) is 0 Å². The van der Waals surface area contributed by atoms with Crippen LogP contribution in [0.1, 0.15) is 21.6 Å². The third-order valence-corrected chi connectivity index (χ3v) is 3.55. The summed E-state index contributed by atoms with van der Waals surface area (Å²) in [6.45, 7) is 1.72. The van der Waals surface area contributed by atoms with Gasteiger partial charge in [-0.3, -0.25) is 0 Å². The number of halogens is 1. The van der Waals surface area contributed by atoms with Gasteiger partial charge in [0.05, 0.1) is 5.56 Å². The molecule has 0 unspecified atom stereocenters. The quantitative estimate of drug-likeness (QED) is 0.737. The van der Waals surface area contributed by atoms with E-state index in [2.05, 4.69) is 5.16 Å². The number of phenols is 1. The average molecular weight is 327 g/mol. The lowest BCUT2D eigenvalue weighted by atomic mass is 10.1. The molecule has 122 valence electrons. The predicted molar refractivity (Wildman–Crippen MR) is 83.9 cm³/mol. The van der Waals surface area contributed by atoms with Gasteiger partial charge < -0.3 is 14.4 Å². The van der Waals surface area contributed by atoms with Crippen LogP contribution in [0.15, 0.2) is 53.1 Å². The van der Waals surface area contributed by atoms with Crippen LogP contribution in [0.4, 0.5) is 4.39 Å². The molecule has 0 bridgehead atoms. The zero-order valence-electron chi connectivity index (χ0n) is 12.8. The summed E-state index contributed by atoms with van der Waals surface area (Å²) in [6.07, 6.45) is 0. The summed E-state index contributed by atoms with van der Waals surface area (Å²) in [5.41, 5.74) is 2.12. The molecule has 0 fully saturated rings. The fourth-order valence-corrected chi connectivity index (χ4v) is 2.22. The molecule has 0 aliphatic rings. The van der Waals surface area contributed by atoms with Crippen LogP contribution in [0.5, 0.6) is 5.75 Å². The second-order valence-corrected chi connectivity index (χ2v) is 5.22. The van der Waals surface area contributed by atoms with E-state index >= 15 is 0 Å². The summed E-state index contributed by atoms with van der Waals surface area (Å²) in [5, 5.41) is 13.3. The smallest absolute Gasteiger partial charge is 0.338 e. The molecule has 0 aliphatic carbocycles. The van der Waals surface area contributed by atoms with Crippen molar-refractivity contribution in [3.63, 3.8) is 0 Å². The monoisotopic (exact) mass is 327 g/mol. The number of ether oxygens (including phenoxy) is 1. The van der Waals surface area contributed by atoms with Gasteiger partial charge in [0.1, 0.15) is 23.9 Å². The Morgan fingerprint density at radius 2 is 2.00 bits per heavy atom. The van der Waals surface area contributed by atoms with Crippen LogP contribution in [0.2, 0.25) is 0 Å². The number of rotatable bonds is 4. The lowest BCUT2D eigenvalue weighted by molar-refractivity contribution is 0.0463. The molecule has 3 rings (SSSR count). The average Bonchev–Trinajstić information content (AvgIpc) is 2.94. The molecule has 6 heteroatoms. The maximum Gasteiger partial charge on any atom is 0.338 e. The molecule has 5 nitrogen and oxygen atoms in total. The van der Waals surface area contributed by atoms with Crippen LogP contribution in [0.25, 0.3) is 11.3 Å². The van der Waals surface area contributed by atoms with Crippen LogP contribution >= 0.6 is 0 Å². The first-order valence-corrected chi connectivity index (χ1v) is 7.22. The van der Waals surface area contributed by atoms with E-state index in [9.17, 15) is 14.3 Å². The molecule has 0 aliphatic heterocycles. The SMILES string of the molecule is Cc1c(COC(=O)c2cccc(O)c2)noc1-c1ccc(F)cc1. The zero-order valence-corrected chi connectivity index (χ0v) is 12.8. The first-order valence-electron chi connectivity index (χ1n) is 7.22. The number of aromatic nitrogens is 1. The van der Waals surface area contributed by atoms with Crippen molar-refractivity contribution in [2.45, 2.75) is 13.5 Å². The van der Waals surface area contributed by atoms with E-state index in [0.717, 1.165) is 0 Å². The normalized spacial score (nSPS) is 10.6. The molecule has 0 saturated carbocycles. The molecule has 0 atom stereocenters. The minimum atomic E-state index is -0.573. The van der Waals surface area contributed by atoms with Crippen molar-refractivity contribution < 1.29 is 23.6 Å². The Morgan fingerprint density at radius 3 is 2.71 bits per heavy atom. The van der Waals surface area contributed by atoms with Gasteiger partial charge in [0, 0.05) is 11.1 Å². The van der Waals surface area contributed by atoms with Gasteiger partial charge in [-0.2, -0.15) is 0 Å². The topological polar surface area (TPSA) is 72.6 Å². The van der Waals surface area contributed by atoms with E-state index in [0.29, 0.717) is 22.6 Å². The Morgan fingerprint density at radius 1 is 1.25 bits per heavy atom. The summed E-state index contributed by atoms with van der Waals surface area (Å²) >= 11 is 0. The predicted octanol–water partition coefficient (Wildman–Crippen LogP) is 3.85. The molecule has 24 heavy (non-hydrogen) atoms. The van der Waals surface area contributed by atoms with Crippen LogP contribution in [-0.4, -0.2) is 16.2 Å². The molecule has 2 aromatic carbocycles. The molecule has 0 radical (unpaired) electrons. The summed E-state index contributed by atoms with van der Waals surface area (Å²) in [7, 11) is 0. The maximum atomic E-state index is 13.0. The van der Waals surface area contributed by atoms with Crippen LogP contribution in [0, 0.1) is 12.7 Å². The Kier molecular flexibility index (Phi) is 4.29. The minimum Gasteiger partial charge on any atom is -0.508 e. The summed E-state index contributed by atoms with van der Waals surface area (Å²) in [6, 6.07) is 11.7. The number of hydrogen-bond acceptors (Lipinski definition) is 5. The van der Waals surface area contributed by atoms with Crippen molar-refractivity contribution in [1.29, 1.82) is 0 Å². The van der Waals surface area contributed by atoms with Gasteiger partial charge in [0.25, 0.3) is 0 Å². The van der Waals surface area contributed by atoms with Crippen LogP contribution in [0.3, 0.4) is 0 Å². The van der Waals surface area contributed by atoms with Crippen molar-refractivity contribution in [2.24, 2.45) is 0 Å².